The number of benzene rings is 2. The lowest BCUT2D eigenvalue weighted by atomic mass is 9.89. The molecule has 2 atom stereocenters. The highest BCUT2D eigenvalue weighted by molar-refractivity contribution is 5.84. The topological polar surface area (TPSA) is 12.5 Å². The molecule has 2 aromatic rings. The summed E-state index contributed by atoms with van der Waals surface area (Å²) in [6.07, 6.45) is 3.28. The third-order valence-corrected chi connectivity index (χ3v) is 3.60. The molecule has 0 amide bonds. The molecule has 4 rings (SSSR count). The molecule has 15 heavy (non-hydrogen) atoms. The van der Waals surface area contributed by atoms with Crippen LogP contribution in [-0.2, 0) is 17.6 Å². The Morgan fingerprint density at radius 1 is 0.867 bits per heavy atom. The fourth-order valence-corrected chi connectivity index (χ4v) is 2.69. The van der Waals surface area contributed by atoms with Gasteiger partial charge in [-0.1, -0.05) is 36.4 Å². The van der Waals surface area contributed by atoms with E-state index in [0.717, 1.165) is 12.8 Å². The van der Waals surface area contributed by atoms with Gasteiger partial charge in [0.1, 0.15) is 0 Å². The number of hydrogen-bond donors (Lipinski definition) is 0. The Bertz CT molecular complexity index is 496. The summed E-state index contributed by atoms with van der Waals surface area (Å²) in [4.78, 5) is 0. The van der Waals surface area contributed by atoms with E-state index >= 15 is 0 Å². The van der Waals surface area contributed by atoms with Gasteiger partial charge in [-0.3, -0.25) is 0 Å². The van der Waals surface area contributed by atoms with E-state index in [1.165, 1.54) is 21.9 Å². The monoisotopic (exact) mass is 196 g/mol. The first-order chi connectivity index (χ1) is 7.40. The lowest BCUT2D eigenvalue weighted by Gasteiger charge is -2.13. The quantitative estimate of drug-likeness (QED) is 0.590. The van der Waals surface area contributed by atoms with Crippen molar-refractivity contribution in [2.45, 2.75) is 25.0 Å². The van der Waals surface area contributed by atoms with Crippen LogP contribution in [0.1, 0.15) is 11.1 Å². The van der Waals surface area contributed by atoms with Crippen molar-refractivity contribution >= 4 is 10.8 Å². The lowest BCUT2D eigenvalue weighted by molar-refractivity contribution is 0.375. The van der Waals surface area contributed by atoms with Crippen molar-refractivity contribution in [2.75, 3.05) is 0 Å². The normalized spacial score (nSPS) is 27.2. The minimum absolute atomic E-state index is 0.527. The zero-order chi connectivity index (χ0) is 9.83. The molecule has 0 bridgehead atoms. The maximum Gasteiger partial charge on any atom is 0.0885 e. The molecule has 2 aromatic carbocycles. The van der Waals surface area contributed by atoms with Crippen LogP contribution < -0.4 is 0 Å². The molecule has 1 aliphatic heterocycles. The number of hydrogen-bond acceptors (Lipinski definition) is 1. The Kier molecular flexibility index (Phi) is 1.37. The molecule has 1 nitrogen and oxygen atoms in total. The summed E-state index contributed by atoms with van der Waals surface area (Å²) < 4.78 is 5.59. The maximum absolute atomic E-state index is 5.59. The second kappa shape index (κ2) is 2.61. The summed E-state index contributed by atoms with van der Waals surface area (Å²) in [5, 5.41) is 2.71. The van der Waals surface area contributed by atoms with Gasteiger partial charge in [0.15, 0.2) is 0 Å². The van der Waals surface area contributed by atoms with E-state index in [9.17, 15) is 0 Å². The first-order valence-electron chi connectivity index (χ1n) is 5.56. The Morgan fingerprint density at radius 3 is 1.93 bits per heavy atom. The molecule has 1 fully saturated rings. The molecule has 1 aliphatic carbocycles. The van der Waals surface area contributed by atoms with Crippen LogP contribution >= 0.6 is 0 Å². The van der Waals surface area contributed by atoms with Crippen LogP contribution in [0.3, 0.4) is 0 Å². The van der Waals surface area contributed by atoms with Crippen LogP contribution in [-0.4, -0.2) is 12.2 Å². The van der Waals surface area contributed by atoms with Gasteiger partial charge in [0.05, 0.1) is 12.2 Å². The van der Waals surface area contributed by atoms with Crippen LogP contribution in [0.4, 0.5) is 0 Å². The molecular formula is C14H12O. The highest BCUT2D eigenvalue weighted by Gasteiger charge is 2.42. The summed E-state index contributed by atoms with van der Waals surface area (Å²) in [5.74, 6) is 0. The van der Waals surface area contributed by atoms with Crippen molar-refractivity contribution < 1.29 is 4.74 Å². The van der Waals surface area contributed by atoms with E-state index in [4.69, 9.17) is 4.74 Å². The minimum Gasteiger partial charge on any atom is -0.369 e. The average molecular weight is 196 g/mol. The second-order valence-electron chi connectivity index (χ2n) is 4.59. The van der Waals surface area contributed by atoms with Crippen molar-refractivity contribution in [1.82, 2.24) is 0 Å². The molecule has 0 radical (unpaired) electrons. The molecule has 0 saturated carbocycles. The van der Waals surface area contributed by atoms with Crippen molar-refractivity contribution in [3.63, 3.8) is 0 Å². The molecule has 74 valence electrons. The molecule has 0 N–H and O–H groups in total. The van der Waals surface area contributed by atoms with Crippen molar-refractivity contribution in [2.24, 2.45) is 0 Å². The summed E-state index contributed by atoms with van der Waals surface area (Å²) in [6.45, 7) is 0. The molecule has 2 aliphatic rings. The van der Waals surface area contributed by atoms with Crippen molar-refractivity contribution in [3.8, 4) is 0 Å². The molecule has 0 spiro atoms. The first-order valence-corrected chi connectivity index (χ1v) is 5.56. The van der Waals surface area contributed by atoms with E-state index in [-0.39, 0.29) is 0 Å². The van der Waals surface area contributed by atoms with E-state index in [0.29, 0.717) is 12.2 Å². The van der Waals surface area contributed by atoms with Gasteiger partial charge in [-0.25, -0.2) is 0 Å². The number of epoxide rings is 1. The average Bonchev–Trinajstić information content (AvgIpc) is 3.00. The zero-order valence-electron chi connectivity index (χ0n) is 8.44. The fourth-order valence-electron chi connectivity index (χ4n) is 2.69. The van der Waals surface area contributed by atoms with Crippen LogP contribution in [0, 0.1) is 0 Å². The highest BCUT2D eigenvalue weighted by Crippen LogP contribution is 2.37. The van der Waals surface area contributed by atoms with Crippen LogP contribution in [0.15, 0.2) is 36.4 Å². The van der Waals surface area contributed by atoms with Crippen LogP contribution in [0.25, 0.3) is 10.8 Å². The van der Waals surface area contributed by atoms with Gasteiger partial charge >= 0.3 is 0 Å². The Morgan fingerprint density at radius 2 is 1.40 bits per heavy atom. The molecule has 1 saturated heterocycles. The third kappa shape index (κ3) is 1.13. The van der Waals surface area contributed by atoms with Crippen LogP contribution in [0.5, 0.6) is 0 Å². The van der Waals surface area contributed by atoms with Crippen molar-refractivity contribution in [3.05, 3.63) is 47.5 Å². The first kappa shape index (κ1) is 7.89. The molecule has 1 heterocycles. The lowest BCUT2D eigenvalue weighted by Crippen LogP contribution is -2.11. The minimum atomic E-state index is 0.527. The van der Waals surface area contributed by atoms with Gasteiger partial charge in [0, 0.05) is 12.8 Å². The van der Waals surface area contributed by atoms with E-state index < -0.39 is 0 Å². The predicted molar refractivity (Wildman–Crippen MR) is 60.0 cm³/mol. The number of rotatable bonds is 0. The zero-order valence-corrected chi connectivity index (χ0v) is 8.44. The van der Waals surface area contributed by atoms with Gasteiger partial charge in [-0.15, -0.1) is 0 Å². The van der Waals surface area contributed by atoms with E-state index in [1.54, 1.807) is 0 Å². The Balaban J connectivity index is 1.97. The molecular weight excluding hydrogens is 184 g/mol. The third-order valence-electron chi connectivity index (χ3n) is 3.60. The summed E-state index contributed by atoms with van der Waals surface area (Å²) in [6, 6.07) is 13.3. The van der Waals surface area contributed by atoms with E-state index in [2.05, 4.69) is 36.4 Å². The standard InChI is InChI=1S/C14H12O/c1-2-4-10-6-12-8-14-13(15-14)7-11(12)5-9(10)3-1/h1-6,13-14H,7-8H2. The number of ether oxygens (including phenoxy) is 1. The van der Waals surface area contributed by atoms with Gasteiger partial charge < -0.3 is 4.74 Å². The molecule has 0 aromatic heterocycles. The van der Waals surface area contributed by atoms with Gasteiger partial charge in [-0.2, -0.15) is 0 Å². The van der Waals surface area contributed by atoms with Gasteiger partial charge in [0.2, 0.25) is 0 Å². The number of fused-ring (bicyclic) bond motifs is 3. The largest absolute Gasteiger partial charge is 0.369 e. The predicted octanol–water partition coefficient (Wildman–Crippen LogP) is 2.71. The smallest absolute Gasteiger partial charge is 0.0885 e. The SMILES string of the molecule is c1ccc2cc3c(cc2c1)CC1OC1C3. The summed E-state index contributed by atoms with van der Waals surface area (Å²) in [7, 11) is 0. The van der Waals surface area contributed by atoms with E-state index in [1.807, 2.05) is 0 Å². The Labute approximate surface area is 88.7 Å². The fraction of sp³-hybridized carbons (Fsp3) is 0.286. The summed E-state index contributed by atoms with van der Waals surface area (Å²) >= 11 is 0. The summed E-state index contributed by atoms with van der Waals surface area (Å²) in [5.41, 5.74) is 2.99. The van der Waals surface area contributed by atoms with Gasteiger partial charge in [-0.05, 0) is 21.9 Å². The highest BCUT2D eigenvalue weighted by atomic mass is 16.6. The Hall–Kier alpha value is -1.34. The maximum atomic E-state index is 5.59. The second-order valence-corrected chi connectivity index (χ2v) is 4.59. The van der Waals surface area contributed by atoms with Crippen molar-refractivity contribution in [1.29, 1.82) is 0 Å². The van der Waals surface area contributed by atoms with Gasteiger partial charge in [0.25, 0.3) is 0 Å². The molecule has 1 heteroatoms. The molecule has 2 unspecified atom stereocenters. The van der Waals surface area contributed by atoms with Crippen LogP contribution in [0.2, 0.25) is 0 Å².